The Balaban J connectivity index is 1.36. The molecular weight excluding hydrogens is 506 g/mol. The Morgan fingerprint density at radius 3 is 2.38 bits per heavy atom. The summed E-state index contributed by atoms with van der Waals surface area (Å²) in [5, 5.41) is 21.6. The molecule has 0 saturated carbocycles. The predicted molar refractivity (Wildman–Crippen MR) is 148 cm³/mol. The monoisotopic (exact) mass is 531 g/mol. The first-order valence-electron chi connectivity index (χ1n) is 12.0. The third-order valence-corrected chi connectivity index (χ3v) is 8.81. The first kappa shape index (κ1) is 25.0. The standard InChI is InChI=1S/C28H25N3O4S2/c1-17-15-19(18(2)30(17)27-26(28(32)33)24-5-3-4-6-25(24)37-27)16-29-20-7-11-22(12-8-20)36-23-13-9-21(10-14-23)31(34)35/h7-16H,3-6H2,1-2H3,(H,32,33). The molecule has 1 aliphatic carbocycles. The minimum Gasteiger partial charge on any atom is -0.478 e. The Morgan fingerprint density at radius 2 is 1.73 bits per heavy atom. The van der Waals surface area contributed by atoms with Gasteiger partial charge < -0.3 is 9.67 Å². The largest absolute Gasteiger partial charge is 0.478 e. The predicted octanol–water partition coefficient (Wildman–Crippen LogP) is 7.54. The van der Waals surface area contributed by atoms with Crippen molar-refractivity contribution in [2.45, 2.75) is 49.3 Å². The van der Waals surface area contributed by atoms with Crippen molar-refractivity contribution in [3.63, 3.8) is 0 Å². The van der Waals surface area contributed by atoms with E-state index in [1.165, 1.54) is 28.8 Å². The van der Waals surface area contributed by atoms with Gasteiger partial charge in [-0.15, -0.1) is 11.3 Å². The van der Waals surface area contributed by atoms with E-state index in [2.05, 4.69) is 9.56 Å². The number of hydrogen-bond acceptors (Lipinski definition) is 6. The van der Waals surface area contributed by atoms with Gasteiger partial charge in [-0.1, -0.05) is 11.8 Å². The summed E-state index contributed by atoms with van der Waals surface area (Å²) < 4.78 is 2.05. The van der Waals surface area contributed by atoms with E-state index in [1.807, 2.05) is 50.4 Å². The molecule has 0 fully saturated rings. The first-order valence-corrected chi connectivity index (χ1v) is 13.6. The van der Waals surface area contributed by atoms with Gasteiger partial charge in [-0.05, 0) is 87.6 Å². The van der Waals surface area contributed by atoms with E-state index in [4.69, 9.17) is 0 Å². The number of nitro groups is 1. The second-order valence-corrected chi connectivity index (χ2v) is 11.2. The van der Waals surface area contributed by atoms with Crippen LogP contribution in [0.4, 0.5) is 11.4 Å². The van der Waals surface area contributed by atoms with Crippen molar-refractivity contribution in [3.05, 3.63) is 97.7 Å². The van der Waals surface area contributed by atoms with Gasteiger partial charge in [0.2, 0.25) is 0 Å². The molecule has 9 heteroatoms. The van der Waals surface area contributed by atoms with Crippen LogP contribution in [0.5, 0.6) is 0 Å². The molecule has 5 rings (SSSR count). The maximum atomic E-state index is 12.2. The van der Waals surface area contributed by atoms with Crippen molar-refractivity contribution in [1.29, 1.82) is 0 Å². The van der Waals surface area contributed by atoms with Crippen LogP contribution in [0.2, 0.25) is 0 Å². The van der Waals surface area contributed by atoms with Crippen molar-refractivity contribution < 1.29 is 14.8 Å². The van der Waals surface area contributed by atoms with E-state index in [0.29, 0.717) is 5.56 Å². The molecule has 0 bridgehead atoms. The van der Waals surface area contributed by atoms with Gasteiger partial charge in [0.15, 0.2) is 0 Å². The van der Waals surface area contributed by atoms with Gasteiger partial charge in [-0.2, -0.15) is 0 Å². The molecular formula is C28H25N3O4S2. The number of fused-ring (bicyclic) bond motifs is 1. The number of thiophene rings is 1. The second kappa shape index (κ2) is 10.4. The molecule has 2 aromatic heterocycles. The summed E-state index contributed by atoms with van der Waals surface area (Å²) in [7, 11) is 0. The Bertz CT molecular complexity index is 1520. The maximum absolute atomic E-state index is 12.2. The number of carboxylic acid groups (broad SMARTS) is 1. The molecule has 4 aromatic rings. The van der Waals surface area contributed by atoms with Gasteiger partial charge in [-0.3, -0.25) is 15.1 Å². The summed E-state index contributed by atoms with van der Waals surface area (Å²) in [4.78, 5) is 30.4. The first-order chi connectivity index (χ1) is 17.8. The lowest BCUT2D eigenvalue weighted by Crippen LogP contribution is -2.09. The lowest BCUT2D eigenvalue weighted by Gasteiger charge is -2.11. The molecule has 37 heavy (non-hydrogen) atoms. The van der Waals surface area contributed by atoms with Gasteiger partial charge in [-0.25, -0.2) is 4.79 Å². The molecule has 1 N–H and O–H groups in total. The lowest BCUT2D eigenvalue weighted by molar-refractivity contribution is -0.384. The van der Waals surface area contributed by atoms with Gasteiger partial charge in [0, 0.05) is 50.0 Å². The minimum absolute atomic E-state index is 0.0752. The summed E-state index contributed by atoms with van der Waals surface area (Å²) >= 11 is 3.13. The number of carbonyl (C=O) groups is 1. The average molecular weight is 532 g/mol. The lowest BCUT2D eigenvalue weighted by atomic mass is 9.95. The fourth-order valence-electron chi connectivity index (χ4n) is 4.68. The van der Waals surface area contributed by atoms with Crippen LogP contribution in [-0.4, -0.2) is 26.8 Å². The zero-order chi connectivity index (χ0) is 26.1. The topological polar surface area (TPSA) is 97.7 Å². The fraction of sp³-hybridized carbons (Fsp3) is 0.214. The molecule has 0 radical (unpaired) electrons. The highest BCUT2D eigenvalue weighted by molar-refractivity contribution is 7.99. The molecule has 1 aliphatic rings. The normalized spacial score (nSPS) is 13.1. The van der Waals surface area contributed by atoms with Crippen LogP contribution in [0.25, 0.3) is 5.00 Å². The second-order valence-electron chi connectivity index (χ2n) is 8.96. The summed E-state index contributed by atoms with van der Waals surface area (Å²) in [6.45, 7) is 4.00. The number of aliphatic imine (C=N–C) groups is 1. The van der Waals surface area contributed by atoms with Crippen LogP contribution < -0.4 is 0 Å². The number of nitrogens with zero attached hydrogens (tertiary/aromatic N) is 3. The molecule has 0 aliphatic heterocycles. The Morgan fingerprint density at radius 1 is 1.08 bits per heavy atom. The Kier molecular flexibility index (Phi) is 6.99. The van der Waals surface area contributed by atoms with Gasteiger partial charge in [0.25, 0.3) is 5.69 Å². The molecule has 188 valence electrons. The van der Waals surface area contributed by atoms with Crippen LogP contribution in [-0.2, 0) is 12.8 Å². The highest BCUT2D eigenvalue weighted by atomic mass is 32.2. The van der Waals surface area contributed by atoms with Crippen molar-refractivity contribution in [2.24, 2.45) is 4.99 Å². The van der Waals surface area contributed by atoms with E-state index < -0.39 is 10.9 Å². The molecule has 0 atom stereocenters. The van der Waals surface area contributed by atoms with Crippen LogP contribution in [0.3, 0.4) is 0 Å². The molecule has 0 spiro atoms. The van der Waals surface area contributed by atoms with Crippen molar-refractivity contribution in [2.75, 3.05) is 0 Å². The summed E-state index contributed by atoms with van der Waals surface area (Å²) in [6.07, 6.45) is 5.76. The maximum Gasteiger partial charge on any atom is 0.339 e. The quantitative estimate of drug-likeness (QED) is 0.151. The average Bonchev–Trinajstić information content (AvgIpc) is 3.40. The number of rotatable bonds is 7. The number of carboxylic acids is 1. The smallest absolute Gasteiger partial charge is 0.339 e. The number of aryl methyl sites for hydroxylation is 2. The number of aromatic nitrogens is 1. The molecule has 2 aromatic carbocycles. The highest BCUT2D eigenvalue weighted by Gasteiger charge is 2.27. The van der Waals surface area contributed by atoms with Crippen molar-refractivity contribution in [3.8, 4) is 5.00 Å². The van der Waals surface area contributed by atoms with E-state index >= 15 is 0 Å². The van der Waals surface area contributed by atoms with E-state index in [-0.39, 0.29) is 5.69 Å². The Hall–Kier alpha value is -3.69. The summed E-state index contributed by atoms with van der Waals surface area (Å²) in [5.41, 5.74) is 5.23. The number of non-ortho nitro benzene ring substituents is 1. The number of benzene rings is 2. The fourth-order valence-corrected chi connectivity index (χ4v) is 6.99. The molecule has 0 unspecified atom stereocenters. The molecule has 0 amide bonds. The number of nitro benzene ring substituents is 1. The zero-order valence-electron chi connectivity index (χ0n) is 20.4. The van der Waals surface area contributed by atoms with Crippen LogP contribution in [0, 0.1) is 24.0 Å². The Labute approximate surface area is 222 Å². The van der Waals surface area contributed by atoms with Crippen LogP contribution in [0.15, 0.2) is 69.4 Å². The molecule has 7 nitrogen and oxygen atoms in total. The van der Waals surface area contributed by atoms with Crippen molar-refractivity contribution >= 4 is 46.7 Å². The number of hydrogen-bond donors (Lipinski definition) is 1. The summed E-state index contributed by atoms with van der Waals surface area (Å²) in [5.74, 6) is -0.858. The van der Waals surface area contributed by atoms with Crippen LogP contribution in [0.1, 0.15) is 50.6 Å². The number of aromatic carboxylic acids is 1. The highest BCUT2D eigenvalue weighted by Crippen LogP contribution is 2.38. The third-order valence-electron chi connectivity index (χ3n) is 6.51. The molecule has 0 saturated heterocycles. The third kappa shape index (κ3) is 5.10. The van der Waals surface area contributed by atoms with Gasteiger partial charge >= 0.3 is 5.97 Å². The van der Waals surface area contributed by atoms with E-state index in [1.54, 1.807) is 23.5 Å². The zero-order valence-corrected chi connectivity index (χ0v) is 22.1. The van der Waals surface area contributed by atoms with Crippen molar-refractivity contribution in [1.82, 2.24) is 4.57 Å². The SMILES string of the molecule is Cc1cc(C=Nc2ccc(Sc3ccc([N+](=O)[O-])cc3)cc2)c(C)n1-c1sc2c(c1C(=O)O)CCCC2. The van der Waals surface area contributed by atoms with Crippen LogP contribution >= 0.6 is 23.1 Å². The van der Waals surface area contributed by atoms with E-state index in [0.717, 1.165) is 68.7 Å². The van der Waals surface area contributed by atoms with E-state index in [9.17, 15) is 20.0 Å². The molecule has 2 heterocycles. The summed E-state index contributed by atoms with van der Waals surface area (Å²) in [6, 6.07) is 16.3. The minimum atomic E-state index is -0.858. The van der Waals surface area contributed by atoms with Gasteiger partial charge in [0.1, 0.15) is 5.00 Å². The van der Waals surface area contributed by atoms with Gasteiger partial charge in [0.05, 0.1) is 16.2 Å².